The lowest BCUT2D eigenvalue weighted by Crippen LogP contribution is -2.51. The van der Waals surface area contributed by atoms with Gasteiger partial charge in [0.15, 0.2) is 0 Å². The Morgan fingerprint density at radius 3 is 2.64 bits per heavy atom. The molecule has 1 aliphatic carbocycles. The van der Waals surface area contributed by atoms with E-state index in [9.17, 15) is 9.59 Å². The topological polar surface area (TPSA) is 84.2 Å². The van der Waals surface area contributed by atoms with Crippen molar-refractivity contribution in [2.24, 2.45) is 11.7 Å². The first kappa shape index (κ1) is 16.5. The number of anilines is 2. The summed E-state index contributed by atoms with van der Waals surface area (Å²) < 4.78 is 0. The molecule has 0 aromatic heterocycles. The van der Waals surface area contributed by atoms with Crippen molar-refractivity contribution in [3.05, 3.63) is 23.8 Å². The van der Waals surface area contributed by atoms with Gasteiger partial charge in [-0.2, -0.15) is 0 Å². The molecule has 120 valence electrons. The number of nitrogens with one attached hydrogen (secondary N) is 2. The van der Waals surface area contributed by atoms with Crippen LogP contribution in [0.15, 0.2) is 18.2 Å². The van der Waals surface area contributed by atoms with E-state index in [1.165, 1.54) is 6.92 Å². The number of benzene rings is 1. The molecule has 4 N–H and O–H groups in total. The van der Waals surface area contributed by atoms with Crippen molar-refractivity contribution in [1.29, 1.82) is 0 Å². The van der Waals surface area contributed by atoms with Gasteiger partial charge in [0, 0.05) is 23.8 Å². The van der Waals surface area contributed by atoms with Crippen LogP contribution in [0, 0.1) is 12.8 Å². The fraction of sp³-hybridized carbons (Fsp3) is 0.529. The number of amides is 2. The van der Waals surface area contributed by atoms with Gasteiger partial charge in [-0.1, -0.05) is 18.9 Å². The van der Waals surface area contributed by atoms with Gasteiger partial charge >= 0.3 is 0 Å². The van der Waals surface area contributed by atoms with Gasteiger partial charge < -0.3 is 16.4 Å². The first-order valence-electron chi connectivity index (χ1n) is 7.77. The van der Waals surface area contributed by atoms with Crippen LogP contribution in [0.3, 0.4) is 0 Å². The molecule has 2 amide bonds. The standard InChI is InChI=1S/C17H25N3O2/c1-11-7-8-13(19-12(2)21)10-15(11)20-16(22)14-6-4-5-9-17(14,3)18/h7-8,10,14H,4-6,9,18H2,1-3H3,(H,19,21)(H,20,22). The molecule has 5 nitrogen and oxygen atoms in total. The number of aryl methyl sites for hydroxylation is 1. The maximum atomic E-state index is 12.6. The molecule has 1 saturated carbocycles. The largest absolute Gasteiger partial charge is 0.326 e. The van der Waals surface area contributed by atoms with Crippen LogP contribution in [0.4, 0.5) is 11.4 Å². The molecule has 5 heteroatoms. The third-order valence-electron chi connectivity index (χ3n) is 4.39. The second-order valence-electron chi connectivity index (χ2n) is 6.50. The van der Waals surface area contributed by atoms with Gasteiger partial charge in [-0.05, 0) is 44.4 Å². The lowest BCUT2D eigenvalue weighted by atomic mass is 9.74. The second kappa shape index (κ2) is 6.48. The number of carbonyl (C=O) groups excluding carboxylic acids is 2. The van der Waals surface area contributed by atoms with Gasteiger partial charge in [0.2, 0.25) is 11.8 Å². The van der Waals surface area contributed by atoms with Crippen LogP contribution >= 0.6 is 0 Å². The minimum absolute atomic E-state index is 0.0345. The fourth-order valence-electron chi connectivity index (χ4n) is 3.05. The molecule has 1 aromatic rings. The van der Waals surface area contributed by atoms with E-state index in [-0.39, 0.29) is 17.7 Å². The zero-order chi connectivity index (χ0) is 16.3. The van der Waals surface area contributed by atoms with Gasteiger partial charge in [-0.3, -0.25) is 9.59 Å². The van der Waals surface area contributed by atoms with Gasteiger partial charge in [-0.25, -0.2) is 0 Å². The van der Waals surface area contributed by atoms with Gasteiger partial charge in [-0.15, -0.1) is 0 Å². The molecule has 2 unspecified atom stereocenters. The molecule has 0 bridgehead atoms. The first-order valence-corrected chi connectivity index (χ1v) is 7.77. The molecule has 0 aliphatic heterocycles. The highest BCUT2D eigenvalue weighted by molar-refractivity contribution is 5.96. The Kier molecular flexibility index (Phi) is 4.86. The van der Waals surface area contributed by atoms with Crippen LogP contribution in [0.2, 0.25) is 0 Å². The number of nitrogens with two attached hydrogens (primary N) is 1. The molecule has 2 atom stereocenters. The quantitative estimate of drug-likeness (QED) is 0.802. The Hall–Kier alpha value is -1.88. The average Bonchev–Trinajstić information content (AvgIpc) is 2.41. The van der Waals surface area contributed by atoms with E-state index in [1.807, 2.05) is 26.0 Å². The summed E-state index contributed by atoms with van der Waals surface area (Å²) in [7, 11) is 0. The van der Waals surface area contributed by atoms with Crippen LogP contribution in [-0.4, -0.2) is 17.4 Å². The van der Waals surface area contributed by atoms with Crippen molar-refractivity contribution in [2.75, 3.05) is 10.6 Å². The number of hydrogen-bond acceptors (Lipinski definition) is 3. The number of hydrogen-bond donors (Lipinski definition) is 3. The average molecular weight is 303 g/mol. The molecule has 0 saturated heterocycles. The molecule has 1 aliphatic rings. The Balaban J connectivity index is 2.15. The third-order valence-corrected chi connectivity index (χ3v) is 4.39. The maximum Gasteiger partial charge on any atom is 0.229 e. The normalized spacial score (nSPS) is 24.6. The zero-order valence-corrected chi connectivity index (χ0v) is 13.5. The number of rotatable bonds is 3. The number of carbonyl (C=O) groups is 2. The Bertz CT molecular complexity index is 581. The molecule has 0 radical (unpaired) electrons. The summed E-state index contributed by atoms with van der Waals surface area (Å²) in [5, 5.41) is 5.71. The van der Waals surface area contributed by atoms with E-state index in [0.717, 1.165) is 36.9 Å². The highest BCUT2D eigenvalue weighted by Gasteiger charge is 2.37. The molecule has 0 spiro atoms. The SMILES string of the molecule is CC(=O)Nc1ccc(C)c(NC(=O)C2CCCCC2(C)N)c1. The smallest absolute Gasteiger partial charge is 0.229 e. The molecular weight excluding hydrogens is 278 g/mol. The van der Waals surface area contributed by atoms with E-state index in [1.54, 1.807) is 6.07 Å². The van der Waals surface area contributed by atoms with E-state index in [4.69, 9.17) is 5.73 Å². The summed E-state index contributed by atoms with van der Waals surface area (Å²) in [5.41, 5.74) is 8.19. The summed E-state index contributed by atoms with van der Waals surface area (Å²) in [5.74, 6) is -0.346. The Morgan fingerprint density at radius 2 is 2.00 bits per heavy atom. The third kappa shape index (κ3) is 3.85. The molecule has 2 rings (SSSR count). The van der Waals surface area contributed by atoms with E-state index in [2.05, 4.69) is 10.6 Å². The van der Waals surface area contributed by atoms with Crippen molar-refractivity contribution in [3.63, 3.8) is 0 Å². The fourth-order valence-corrected chi connectivity index (χ4v) is 3.05. The summed E-state index contributed by atoms with van der Waals surface area (Å²) >= 11 is 0. The van der Waals surface area contributed by atoms with Crippen LogP contribution in [-0.2, 0) is 9.59 Å². The summed E-state index contributed by atoms with van der Waals surface area (Å²) in [4.78, 5) is 23.7. The van der Waals surface area contributed by atoms with Gasteiger partial charge in [0.1, 0.15) is 0 Å². The summed E-state index contributed by atoms with van der Waals surface area (Å²) in [6, 6.07) is 5.48. The van der Waals surface area contributed by atoms with Gasteiger partial charge in [0.05, 0.1) is 5.92 Å². The summed E-state index contributed by atoms with van der Waals surface area (Å²) in [6.07, 6.45) is 3.81. The molecule has 0 heterocycles. The predicted molar refractivity (Wildman–Crippen MR) is 88.7 cm³/mol. The minimum atomic E-state index is -0.453. The molecular formula is C17H25N3O2. The van der Waals surface area contributed by atoms with Crippen LogP contribution in [0.25, 0.3) is 0 Å². The minimum Gasteiger partial charge on any atom is -0.326 e. The molecule has 1 aromatic carbocycles. The predicted octanol–water partition coefficient (Wildman–Crippen LogP) is 2.80. The van der Waals surface area contributed by atoms with Gasteiger partial charge in [0.25, 0.3) is 0 Å². The Labute approximate surface area is 131 Å². The second-order valence-corrected chi connectivity index (χ2v) is 6.50. The zero-order valence-electron chi connectivity index (χ0n) is 13.5. The van der Waals surface area contributed by atoms with Crippen LogP contribution < -0.4 is 16.4 Å². The highest BCUT2D eigenvalue weighted by atomic mass is 16.2. The maximum absolute atomic E-state index is 12.6. The van der Waals surface area contributed by atoms with Crippen molar-refractivity contribution in [1.82, 2.24) is 0 Å². The van der Waals surface area contributed by atoms with Crippen LogP contribution in [0.5, 0.6) is 0 Å². The monoisotopic (exact) mass is 303 g/mol. The van der Waals surface area contributed by atoms with Crippen molar-refractivity contribution >= 4 is 23.2 Å². The molecule has 1 fully saturated rings. The highest BCUT2D eigenvalue weighted by Crippen LogP contribution is 2.33. The lowest BCUT2D eigenvalue weighted by Gasteiger charge is -2.37. The van der Waals surface area contributed by atoms with E-state index in [0.29, 0.717) is 5.69 Å². The first-order chi connectivity index (χ1) is 10.3. The van der Waals surface area contributed by atoms with E-state index < -0.39 is 5.54 Å². The molecule has 22 heavy (non-hydrogen) atoms. The summed E-state index contributed by atoms with van der Waals surface area (Å²) in [6.45, 7) is 5.34. The van der Waals surface area contributed by atoms with E-state index >= 15 is 0 Å². The Morgan fingerprint density at radius 1 is 1.27 bits per heavy atom. The lowest BCUT2D eigenvalue weighted by molar-refractivity contribution is -0.122. The van der Waals surface area contributed by atoms with Crippen LogP contribution in [0.1, 0.15) is 45.1 Å². The van der Waals surface area contributed by atoms with Crippen molar-refractivity contribution in [2.45, 2.75) is 52.0 Å². The van der Waals surface area contributed by atoms with Crippen molar-refractivity contribution in [3.8, 4) is 0 Å². The van der Waals surface area contributed by atoms with Crippen molar-refractivity contribution < 1.29 is 9.59 Å².